The zero-order chi connectivity index (χ0) is 37.4. The van der Waals surface area contributed by atoms with E-state index in [0.29, 0.717) is 0 Å². The van der Waals surface area contributed by atoms with Crippen LogP contribution in [0.5, 0.6) is 0 Å². The van der Waals surface area contributed by atoms with E-state index < -0.39 is 0 Å². The zero-order valence-corrected chi connectivity index (χ0v) is 33.9. The molecule has 268 valence electrons. The molecule has 3 aromatic heterocycles. The van der Waals surface area contributed by atoms with Gasteiger partial charge in [0.15, 0.2) is 0 Å². The first-order valence-corrected chi connectivity index (χ1v) is 21.7. The van der Waals surface area contributed by atoms with Crippen LogP contribution in [0.15, 0.2) is 121 Å². The lowest BCUT2D eigenvalue weighted by Crippen LogP contribution is -2.57. The molecule has 10 aromatic rings. The van der Waals surface area contributed by atoms with E-state index in [9.17, 15) is 0 Å². The molecule has 0 fully saturated rings. The summed E-state index contributed by atoms with van der Waals surface area (Å²) in [7, 11) is 0. The quantitative estimate of drug-likeness (QED) is 0.152. The van der Waals surface area contributed by atoms with Crippen molar-refractivity contribution in [3.63, 3.8) is 0 Å². The van der Waals surface area contributed by atoms with Gasteiger partial charge in [-0.2, -0.15) is 0 Å². The Balaban J connectivity index is 1.26. The van der Waals surface area contributed by atoms with Gasteiger partial charge >= 0.3 is 6.85 Å². The highest BCUT2D eigenvalue weighted by atomic mass is 32.1. The molecule has 0 radical (unpaired) electrons. The van der Waals surface area contributed by atoms with E-state index in [4.69, 9.17) is 0 Å². The van der Waals surface area contributed by atoms with Gasteiger partial charge in [0.25, 0.3) is 0 Å². The fourth-order valence-electron chi connectivity index (χ4n) is 11.1. The van der Waals surface area contributed by atoms with Crippen LogP contribution in [0, 0.1) is 6.92 Å². The molecule has 2 nitrogen and oxygen atoms in total. The number of anilines is 3. The number of fused-ring (bicyclic) bond motifs is 16. The van der Waals surface area contributed by atoms with Crippen LogP contribution >= 0.6 is 22.7 Å². The first kappa shape index (κ1) is 31.8. The number of rotatable bonds is 1. The molecule has 13 rings (SSSR count). The minimum Gasteiger partial charge on any atom is -0.374 e. The van der Waals surface area contributed by atoms with Gasteiger partial charge in [-0.05, 0) is 105 Å². The predicted octanol–water partition coefficient (Wildman–Crippen LogP) is 13.6. The molecule has 1 aliphatic carbocycles. The second-order valence-electron chi connectivity index (χ2n) is 17.9. The van der Waals surface area contributed by atoms with Gasteiger partial charge in [0, 0.05) is 63.8 Å². The van der Waals surface area contributed by atoms with Crippen molar-refractivity contribution in [2.75, 3.05) is 4.90 Å². The van der Waals surface area contributed by atoms with Gasteiger partial charge < -0.3 is 9.38 Å². The number of thiophene rings is 2. The Morgan fingerprint density at radius 1 is 0.536 bits per heavy atom. The molecular formula is C51H39BN2S2. The number of hydrogen-bond acceptors (Lipinski definition) is 3. The third kappa shape index (κ3) is 3.84. The minimum absolute atomic E-state index is 0.00571. The first-order chi connectivity index (χ1) is 27.2. The summed E-state index contributed by atoms with van der Waals surface area (Å²) < 4.78 is 8.27. The fourth-order valence-corrected chi connectivity index (χ4v) is 13.6. The standard InChI is InChI=1S/C51H39BN2S2/c1-28-25-36-37(51(4,5)24-23-50(36,2)3)27-39(28)53-38-22-21-32-31-15-8-10-19-41(31)55-48(32)45(38)52-44-40(53)26-29-13-6-7-14-30(29)43(44)34-17-12-18-35-46(34)54(52)47-33-16-9-11-20-42(33)56-49(35)47/h6-22,25-27H,23-24H2,1-5H3. The van der Waals surface area contributed by atoms with Gasteiger partial charge in [-0.1, -0.05) is 119 Å². The molecule has 3 aliphatic rings. The fraction of sp³-hybridized carbons (Fsp3) is 0.176. The molecule has 0 unspecified atom stereocenters. The summed E-state index contributed by atoms with van der Waals surface area (Å²) in [5, 5.41) is 8.04. The second-order valence-corrected chi connectivity index (χ2v) is 20.0. The van der Waals surface area contributed by atoms with Crippen LogP contribution in [-0.2, 0) is 10.8 Å². The van der Waals surface area contributed by atoms with Crippen LogP contribution in [0.2, 0.25) is 0 Å². The Morgan fingerprint density at radius 3 is 2.00 bits per heavy atom. The van der Waals surface area contributed by atoms with Crippen LogP contribution in [0.4, 0.5) is 17.1 Å². The van der Waals surface area contributed by atoms with E-state index >= 15 is 0 Å². The van der Waals surface area contributed by atoms with Gasteiger partial charge in [0.1, 0.15) is 0 Å². The van der Waals surface area contributed by atoms with E-state index in [1.54, 1.807) is 0 Å². The Hall–Kier alpha value is -5.36. The maximum Gasteiger partial charge on any atom is 0.334 e. The molecule has 2 aliphatic heterocycles. The van der Waals surface area contributed by atoms with Crippen molar-refractivity contribution in [2.24, 2.45) is 0 Å². The largest absolute Gasteiger partial charge is 0.374 e. The summed E-state index contributed by atoms with van der Waals surface area (Å²) in [6, 6.07) is 46.9. The summed E-state index contributed by atoms with van der Waals surface area (Å²) in [4.78, 5) is 2.69. The number of nitrogens with zero attached hydrogens (tertiary/aromatic N) is 2. The van der Waals surface area contributed by atoms with Crippen molar-refractivity contribution in [1.29, 1.82) is 0 Å². The minimum atomic E-state index is -0.00571. The summed E-state index contributed by atoms with van der Waals surface area (Å²) >= 11 is 3.93. The average Bonchev–Trinajstić information content (AvgIpc) is 3.88. The maximum atomic E-state index is 2.78. The SMILES string of the molecule is Cc1cc2c(cc1N1c3cc4ccccc4c4c3B(c3c1ccc1c3sc3ccccc31)n1c3c-4cccc3c3sc4ccccc4c31)C(C)(C)CCC2(C)C. The number of aromatic nitrogens is 1. The van der Waals surface area contributed by atoms with E-state index in [1.165, 1.54) is 131 Å². The highest BCUT2D eigenvalue weighted by Gasteiger charge is 2.46. The van der Waals surface area contributed by atoms with Crippen LogP contribution in [0.3, 0.4) is 0 Å². The number of para-hydroxylation sites is 1. The molecule has 5 heteroatoms. The van der Waals surface area contributed by atoms with Crippen molar-refractivity contribution >= 4 is 120 Å². The van der Waals surface area contributed by atoms with E-state index in [0.717, 1.165) is 0 Å². The number of aryl methyl sites for hydroxylation is 1. The van der Waals surface area contributed by atoms with Crippen molar-refractivity contribution < 1.29 is 0 Å². The molecule has 0 atom stereocenters. The van der Waals surface area contributed by atoms with Crippen LogP contribution in [0.25, 0.3) is 73.3 Å². The van der Waals surface area contributed by atoms with Gasteiger partial charge in [-0.25, -0.2) is 0 Å². The lowest BCUT2D eigenvalue weighted by molar-refractivity contribution is 0.332. The van der Waals surface area contributed by atoms with Crippen molar-refractivity contribution in [2.45, 2.75) is 58.3 Å². The zero-order valence-electron chi connectivity index (χ0n) is 32.2. The topological polar surface area (TPSA) is 8.17 Å². The smallest absolute Gasteiger partial charge is 0.334 e. The van der Waals surface area contributed by atoms with Crippen LogP contribution < -0.4 is 15.8 Å². The first-order valence-electron chi connectivity index (χ1n) is 20.1. The molecular weight excluding hydrogens is 716 g/mol. The Labute approximate surface area is 334 Å². The summed E-state index contributed by atoms with van der Waals surface area (Å²) in [6.07, 6.45) is 2.39. The van der Waals surface area contributed by atoms with Crippen molar-refractivity contribution in [3.05, 3.63) is 138 Å². The Kier molecular flexibility index (Phi) is 5.98. The molecule has 0 bridgehead atoms. The molecule has 0 N–H and O–H groups in total. The second kappa shape index (κ2) is 10.5. The van der Waals surface area contributed by atoms with Crippen molar-refractivity contribution in [3.8, 4) is 11.1 Å². The van der Waals surface area contributed by atoms with Gasteiger partial charge in [0.05, 0.1) is 10.2 Å². The Bertz CT molecular complexity index is 3410. The number of hydrogen-bond donors (Lipinski definition) is 0. The molecule has 0 spiro atoms. The lowest BCUT2D eigenvalue weighted by atomic mass is 9.44. The molecule has 5 heterocycles. The van der Waals surface area contributed by atoms with Crippen LogP contribution in [0.1, 0.15) is 57.2 Å². The summed E-state index contributed by atoms with van der Waals surface area (Å²) in [6.45, 7) is 12.2. The lowest BCUT2D eigenvalue weighted by Gasteiger charge is -2.45. The van der Waals surface area contributed by atoms with Crippen LogP contribution in [-0.4, -0.2) is 11.3 Å². The average molecular weight is 755 g/mol. The molecule has 0 saturated carbocycles. The molecule has 0 saturated heterocycles. The summed E-state index contributed by atoms with van der Waals surface area (Å²) in [5.74, 6) is 0. The third-order valence-electron chi connectivity index (χ3n) is 13.9. The molecule has 0 amide bonds. The maximum absolute atomic E-state index is 2.78. The highest BCUT2D eigenvalue weighted by Crippen LogP contribution is 2.54. The van der Waals surface area contributed by atoms with Gasteiger partial charge in [-0.15, -0.1) is 22.7 Å². The molecule has 56 heavy (non-hydrogen) atoms. The monoisotopic (exact) mass is 754 g/mol. The van der Waals surface area contributed by atoms with E-state index in [-0.39, 0.29) is 17.7 Å². The molecule has 7 aromatic carbocycles. The van der Waals surface area contributed by atoms with Crippen molar-refractivity contribution in [1.82, 2.24) is 4.48 Å². The summed E-state index contributed by atoms with van der Waals surface area (Å²) in [5.41, 5.74) is 16.8. The van der Waals surface area contributed by atoms with Gasteiger partial charge in [0.2, 0.25) is 0 Å². The van der Waals surface area contributed by atoms with Gasteiger partial charge in [-0.3, -0.25) is 0 Å². The number of benzene rings is 7. The van der Waals surface area contributed by atoms with E-state index in [2.05, 4.69) is 165 Å². The normalized spacial score (nSPS) is 16.4. The van der Waals surface area contributed by atoms with E-state index in [1.807, 2.05) is 22.7 Å². The third-order valence-corrected chi connectivity index (χ3v) is 16.3. The Morgan fingerprint density at radius 2 is 1.20 bits per heavy atom. The highest BCUT2D eigenvalue weighted by molar-refractivity contribution is 7.28. The predicted molar refractivity (Wildman–Crippen MR) is 246 cm³/mol.